The van der Waals surface area contributed by atoms with E-state index in [1.54, 1.807) is 12.4 Å². The Balaban J connectivity index is 1.95. The molecule has 0 aromatic carbocycles. The predicted octanol–water partition coefficient (Wildman–Crippen LogP) is 4.01. The lowest BCUT2D eigenvalue weighted by Crippen LogP contribution is -1.98. The molecule has 96 valence electrons. The summed E-state index contributed by atoms with van der Waals surface area (Å²) in [6.07, 6.45) is 10.9. The van der Waals surface area contributed by atoms with Crippen LogP contribution in [0.5, 0.6) is 0 Å². The average Bonchev–Trinajstić information content (AvgIpc) is 2.35. The third kappa shape index (κ3) is 7.29. The molecule has 0 unspecified atom stereocenters. The first-order valence-electron chi connectivity index (χ1n) is 6.37. The van der Waals surface area contributed by atoms with Crippen LogP contribution in [0.15, 0.2) is 12.4 Å². The van der Waals surface area contributed by atoms with E-state index < -0.39 is 0 Å². The Hall–Kier alpha value is -0.670. The molecule has 1 aromatic heterocycles. The van der Waals surface area contributed by atoms with Crippen molar-refractivity contribution in [2.75, 3.05) is 6.61 Å². The molecule has 1 aromatic rings. The van der Waals surface area contributed by atoms with Crippen molar-refractivity contribution in [3.8, 4) is 0 Å². The molecule has 0 aliphatic heterocycles. The van der Waals surface area contributed by atoms with Gasteiger partial charge in [-0.1, -0.05) is 50.6 Å². The maximum Gasteiger partial charge on any atom is 0.147 e. The summed E-state index contributed by atoms with van der Waals surface area (Å²) in [4.78, 5) is 8.07. The van der Waals surface area contributed by atoms with Gasteiger partial charge < -0.3 is 4.74 Å². The minimum Gasteiger partial charge on any atom is -0.375 e. The second-order valence-electron chi connectivity index (χ2n) is 4.15. The van der Waals surface area contributed by atoms with Crippen LogP contribution < -0.4 is 0 Å². The predicted molar refractivity (Wildman–Crippen MR) is 70.1 cm³/mol. The van der Waals surface area contributed by atoms with Gasteiger partial charge in [-0.2, -0.15) is 0 Å². The van der Waals surface area contributed by atoms with Crippen molar-refractivity contribution in [1.29, 1.82) is 0 Å². The lowest BCUT2D eigenvalue weighted by molar-refractivity contribution is 0.114. The Bertz CT molecular complexity index is 290. The second kappa shape index (κ2) is 9.37. The Morgan fingerprint density at radius 3 is 2.53 bits per heavy atom. The van der Waals surface area contributed by atoms with E-state index >= 15 is 0 Å². The Morgan fingerprint density at radius 2 is 1.82 bits per heavy atom. The smallest absolute Gasteiger partial charge is 0.147 e. The number of aromatic nitrogens is 2. The van der Waals surface area contributed by atoms with Gasteiger partial charge in [-0.3, -0.25) is 4.98 Å². The number of unbranched alkanes of at least 4 members (excludes halogenated alkanes) is 5. The number of nitrogens with zero attached hydrogens (tertiary/aromatic N) is 2. The summed E-state index contributed by atoms with van der Waals surface area (Å²) in [7, 11) is 0. The van der Waals surface area contributed by atoms with E-state index in [4.69, 9.17) is 16.3 Å². The number of rotatable bonds is 9. The third-order valence-electron chi connectivity index (χ3n) is 2.57. The van der Waals surface area contributed by atoms with Gasteiger partial charge in [-0.15, -0.1) is 0 Å². The number of hydrogen-bond donors (Lipinski definition) is 0. The molecule has 1 rings (SSSR count). The van der Waals surface area contributed by atoms with Crippen molar-refractivity contribution < 1.29 is 4.74 Å². The lowest BCUT2D eigenvalue weighted by Gasteiger charge is -2.03. The van der Waals surface area contributed by atoms with Crippen molar-refractivity contribution in [3.63, 3.8) is 0 Å². The number of hydrogen-bond acceptors (Lipinski definition) is 3. The van der Waals surface area contributed by atoms with Crippen molar-refractivity contribution in [1.82, 2.24) is 9.97 Å². The molecule has 0 aliphatic carbocycles. The summed E-state index contributed by atoms with van der Waals surface area (Å²) in [5.74, 6) is 0. The fourth-order valence-corrected chi connectivity index (χ4v) is 1.67. The molecule has 0 saturated heterocycles. The molecular formula is C13H21ClN2O. The van der Waals surface area contributed by atoms with Crippen molar-refractivity contribution >= 4 is 11.6 Å². The number of ether oxygens (including phenoxy) is 1. The van der Waals surface area contributed by atoms with E-state index in [-0.39, 0.29) is 0 Å². The quantitative estimate of drug-likeness (QED) is 0.626. The van der Waals surface area contributed by atoms with Crippen LogP contribution in [-0.2, 0) is 11.3 Å². The maximum absolute atomic E-state index is 5.64. The van der Waals surface area contributed by atoms with Crippen LogP contribution in [-0.4, -0.2) is 16.6 Å². The van der Waals surface area contributed by atoms with Crippen LogP contribution in [0.3, 0.4) is 0 Å². The molecule has 0 bridgehead atoms. The highest BCUT2D eigenvalue weighted by Crippen LogP contribution is 2.06. The molecule has 4 heteroatoms. The van der Waals surface area contributed by atoms with Crippen LogP contribution >= 0.6 is 11.6 Å². The van der Waals surface area contributed by atoms with Gasteiger partial charge in [0.05, 0.1) is 24.7 Å². The monoisotopic (exact) mass is 256 g/mol. The minimum absolute atomic E-state index is 0.421. The molecule has 0 saturated carbocycles. The first-order valence-corrected chi connectivity index (χ1v) is 6.75. The summed E-state index contributed by atoms with van der Waals surface area (Å²) in [6, 6.07) is 0. The molecule has 0 radical (unpaired) electrons. The largest absolute Gasteiger partial charge is 0.375 e. The van der Waals surface area contributed by atoms with Gasteiger partial charge in [-0.25, -0.2) is 4.98 Å². The normalized spacial score (nSPS) is 10.7. The summed E-state index contributed by atoms with van der Waals surface area (Å²) in [6.45, 7) is 3.56. The molecule has 0 N–H and O–H groups in total. The molecule has 17 heavy (non-hydrogen) atoms. The van der Waals surface area contributed by atoms with Crippen LogP contribution in [0.25, 0.3) is 0 Å². The molecule has 0 spiro atoms. The van der Waals surface area contributed by atoms with E-state index in [0.717, 1.165) is 18.7 Å². The zero-order valence-corrected chi connectivity index (χ0v) is 11.2. The topological polar surface area (TPSA) is 35.0 Å². The highest BCUT2D eigenvalue weighted by molar-refractivity contribution is 6.29. The standard InChI is InChI=1S/C13H21ClN2O/c1-2-3-4-5-6-7-8-17-11-12-9-16-13(14)10-15-12/h9-10H,2-8,11H2,1H3. The third-order valence-corrected chi connectivity index (χ3v) is 2.76. The van der Waals surface area contributed by atoms with Gasteiger partial charge in [0.15, 0.2) is 0 Å². The van der Waals surface area contributed by atoms with E-state index in [9.17, 15) is 0 Å². The molecule has 0 aliphatic rings. The fourth-order valence-electron chi connectivity index (χ4n) is 1.57. The fraction of sp³-hybridized carbons (Fsp3) is 0.692. The second-order valence-corrected chi connectivity index (χ2v) is 4.54. The molecule has 0 amide bonds. The summed E-state index contributed by atoms with van der Waals surface area (Å²) in [5.41, 5.74) is 0.834. The van der Waals surface area contributed by atoms with Crippen LogP contribution in [0, 0.1) is 0 Å². The maximum atomic E-state index is 5.64. The zero-order chi connectivity index (χ0) is 12.3. The number of halogens is 1. The molecular weight excluding hydrogens is 236 g/mol. The van der Waals surface area contributed by atoms with Crippen LogP contribution in [0.2, 0.25) is 5.15 Å². The van der Waals surface area contributed by atoms with Crippen LogP contribution in [0.4, 0.5) is 0 Å². The first kappa shape index (κ1) is 14.4. The minimum atomic E-state index is 0.421. The van der Waals surface area contributed by atoms with Crippen molar-refractivity contribution in [3.05, 3.63) is 23.2 Å². The van der Waals surface area contributed by atoms with E-state index in [1.165, 1.54) is 32.1 Å². The van der Waals surface area contributed by atoms with Gasteiger partial charge in [0, 0.05) is 6.61 Å². The Labute approximate surface area is 109 Å². The highest BCUT2D eigenvalue weighted by Gasteiger charge is 1.96. The van der Waals surface area contributed by atoms with E-state index in [0.29, 0.717) is 11.8 Å². The van der Waals surface area contributed by atoms with Gasteiger partial charge >= 0.3 is 0 Å². The molecule has 1 heterocycles. The van der Waals surface area contributed by atoms with Gasteiger partial charge in [0.2, 0.25) is 0 Å². The van der Waals surface area contributed by atoms with Crippen molar-refractivity contribution in [2.24, 2.45) is 0 Å². The molecule has 0 atom stereocenters. The summed E-state index contributed by atoms with van der Waals surface area (Å²) >= 11 is 5.64. The SMILES string of the molecule is CCCCCCCCOCc1cnc(Cl)cn1. The summed E-state index contributed by atoms with van der Waals surface area (Å²) < 4.78 is 5.52. The van der Waals surface area contributed by atoms with Gasteiger partial charge in [0.25, 0.3) is 0 Å². The van der Waals surface area contributed by atoms with E-state index in [1.807, 2.05) is 0 Å². The lowest BCUT2D eigenvalue weighted by atomic mass is 10.1. The Kier molecular flexibility index (Phi) is 7.93. The van der Waals surface area contributed by atoms with E-state index in [2.05, 4.69) is 16.9 Å². The zero-order valence-electron chi connectivity index (χ0n) is 10.5. The Morgan fingerprint density at radius 1 is 1.06 bits per heavy atom. The van der Waals surface area contributed by atoms with Gasteiger partial charge in [0.1, 0.15) is 5.15 Å². The first-order chi connectivity index (χ1) is 8.33. The average molecular weight is 257 g/mol. The molecule has 3 nitrogen and oxygen atoms in total. The highest BCUT2D eigenvalue weighted by atomic mass is 35.5. The molecule has 0 fully saturated rings. The summed E-state index contributed by atoms with van der Waals surface area (Å²) in [5, 5.41) is 0.421. The van der Waals surface area contributed by atoms with Gasteiger partial charge in [-0.05, 0) is 6.42 Å². The van der Waals surface area contributed by atoms with Crippen LogP contribution in [0.1, 0.15) is 51.1 Å². The van der Waals surface area contributed by atoms with Crippen molar-refractivity contribution in [2.45, 2.75) is 52.1 Å².